The maximum absolute atomic E-state index is 13.7. The summed E-state index contributed by atoms with van der Waals surface area (Å²) in [4.78, 5) is 40.0. The number of phenolic OH excluding ortho intramolecular Hbond substituents is 2. The van der Waals surface area contributed by atoms with Crippen LogP contribution in [-0.4, -0.2) is 107 Å². The molecule has 3 saturated carbocycles. The number of nitrogens with two attached hydrogens (primary N) is 1. The van der Waals surface area contributed by atoms with E-state index in [-0.39, 0.29) is 16.7 Å². The number of phenols is 2. The first-order valence-electron chi connectivity index (χ1n) is 18.2. The number of amides is 1. The van der Waals surface area contributed by atoms with Crippen LogP contribution in [0.2, 0.25) is 0 Å². The molecule has 0 bridgehead atoms. The van der Waals surface area contributed by atoms with Crippen molar-refractivity contribution in [2.45, 2.75) is 87.7 Å². The largest absolute Gasteiger partial charge is 0.508 e. The van der Waals surface area contributed by atoms with E-state index in [2.05, 4.69) is 13.0 Å². The summed E-state index contributed by atoms with van der Waals surface area (Å²) in [5.74, 6) is -6.99. The second-order valence-electron chi connectivity index (χ2n) is 16.4. The molecule has 0 unspecified atom stereocenters. The summed E-state index contributed by atoms with van der Waals surface area (Å²) in [6.07, 6.45) is 2.21. The number of aryl methyl sites for hydroxylation is 1. The monoisotopic (exact) mass is 732 g/mol. The Labute approximate surface area is 306 Å². The molecule has 1 amide bonds. The molecule has 0 spiro atoms. The van der Waals surface area contributed by atoms with Gasteiger partial charge in [0.25, 0.3) is 5.91 Å². The van der Waals surface area contributed by atoms with Crippen LogP contribution in [-0.2, 0) is 20.8 Å². The quantitative estimate of drug-likeness (QED) is 0.202. The molecule has 6 aliphatic rings. The van der Waals surface area contributed by atoms with Crippen molar-refractivity contribution in [3.8, 4) is 11.5 Å². The molecule has 13 nitrogen and oxygen atoms in total. The Morgan fingerprint density at radius 2 is 1.68 bits per heavy atom. The lowest BCUT2D eigenvalue weighted by Crippen LogP contribution is -2.70. The maximum Gasteiger partial charge on any atom is 0.255 e. The molecule has 0 heterocycles. The van der Waals surface area contributed by atoms with Gasteiger partial charge >= 0.3 is 0 Å². The number of rotatable bonds is 2. The second kappa shape index (κ2) is 12.7. The van der Waals surface area contributed by atoms with E-state index in [1.165, 1.54) is 36.2 Å². The molecule has 12 atom stereocenters. The molecule has 2 aromatic carbocycles. The Hall–Kier alpha value is -4.27. The predicted molar refractivity (Wildman–Crippen MR) is 190 cm³/mol. The molecule has 284 valence electrons. The average molecular weight is 733 g/mol. The van der Waals surface area contributed by atoms with Gasteiger partial charge in [0, 0.05) is 11.5 Å². The number of benzene rings is 2. The van der Waals surface area contributed by atoms with Crippen LogP contribution >= 0.6 is 0 Å². The predicted octanol–water partition coefficient (Wildman–Crippen LogP) is 2.08. The molecule has 0 radical (unpaired) electrons. The molecule has 10 N–H and O–H groups in total. The van der Waals surface area contributed by atoms with Gasteiger partial charge in [-0.25, -0.2) is 0 Å². The number of ketones is 2. The maximum atomic E-state index is 13.7. The number of fused-ring (bicyclic) bond motifs is 8. The first-order valence-corrected chi connectivity index (χ1v) is 18.2. The van der Waals surface area contributed by atoms with Crippen LogP contribution in [0, 0.1) is 29.1 Å². The molecular formula is C40H48N2O11. The van der Waals surface area contributed by atoms with Crippen LogP contribution in [0.4, 0.5) is 0 Å². The molecule has 53 heavy (non-hydrogen) atoms. The van der Waals surface area contributed by atoms with Crippen LogP contribution < -0.4 is 5.73 Å². The van der Waals surface area contributed by atoms with Gasteiger partial charge in [0.05, 0.1) is 35.8 Å². The van der Waals surface area contributed by atoms with Crippen molar-refractivity contribution in [3.63, 3.8) is 0 Å². The van der Waals surface area contributed by atoms with Crippen LogP contribution in [0.3, 0.4) is 0 Å². The Kier molecular flexibility index (Phi) is 8.85. The molecular weight excluding hydrogens is 684 g/mol. The van der Waals surface area contributed by atoms with E-state index in [4.69, 9.17) is 5.73 Å². The third-order valence-electron chi connectivity index (χ3n) is 13.7. The molecule has 0 saturated heterocycles. The molecule has 8 rings (SSSR count). The van der Waals surface area contributed by atoms with Gasteiger partial charge in [-0.15, -0.1) is 0 Å². The third-order valence-corrected chi connectivity index (χ3v) is 13.7. The van der Waals surface area contributed by atoms with E-state index in [0.29, 0.717) is 29.1 Å². The molecule has 2 aromatic rings. The summed E-state index contributed by atoms with van der Waals surface area (Å²) in [7, 11) is 2.92. The fourth-order valence-electron chi connectivity index (χ4n) is 11.1. The number of carbonyl (C=O) groups is 3. The van der Waals surface area contributed by atoms with Crippen molar-refractivity contribution in [2.24, 2.45) is 34.8 Å². The highest BCUT2D eigenvalue weighted by Crippen LogP contribution is 2.61. The van der Waals surface area contributed by atoms with Crippen molar-refractivity contribution < 1.29 is 55.2 Å². The first-order chi connectivity index (χ1) is 24.9. The van der Waals surface area contributed by atoms with Gasteiger partial charge in [-0.05, 0) is 110 Å². The summed E-state index contributed by atoms with van der Waals surface area (Å²) < 4.78 is 0. The number of carbonyl (C=O) groups excluding carboxylic acids is 3. The lowest BCUT2D eigenvalue weighted by Gasteiger charge is -2.53. The van der Waals surface area contributed by atoms with Crippen molar-refractivity contribution >= 4 is 23.2 Å². The van der Waals surface area contributed by atoms with Crippen molar-refractivity contribution in [3.05, 3.63) is 75.6 Å². The summed E-state index contributed by atoms with van der Waals surface area (Å²) in [5.41, 5.74) is 4.03. The number of hydrogen-bond acceptors (Lipinski definition) is 12. The minimum Gasteiger partial charge on any atom is -0.508 e. The highest BCUT2D eigenvalue weighted by Gasteiger charge is 2.68. The summed E-state index contributed by atoms with van der Waals surface area (Å²) in [6, 6.07) is 8.93. The zero-order valence-corrected chi connectivity index (χ0v) is 30.1. The zero-order chi connectivity index (χ0) is 38.6. The normalized spacial score (nSPS) is 38.5. The number of aliphatic hydroxyl groups excluding tert-OH is 5. The Bertz CT molecular complexity index is 1970. The van der Waals surface area contributed by atoms with E-state index in [1.54, 1.807) is 25.1 Å². The van der Waals surface area contributed by atoms with E-state index < -0.39 is 87.8 Å². The first kappa shape index (κ1) is 37.1. The average Bonchev–Trinajstić information content (AvgIpc) is 3.33. The lowest BCUT2D eigenvalue weighted by atomic mass is 9.54. The van der Waals surface area contributed by atoms with Crippen LogP contribution in [0.25, 0.3) is 5.76 Å². The highest BCUT2D eigenvalue weighted by atomic mass is 16.4. The minimum absolute atomic E-state index is 0.0245. The minimum atomic E-state index is -2.89. The number of aromatic hydroxyl groups is 2. The topological polar surface area (TPSA) is 242 Å². The summed E-state index contributed by atoms with van der Waals surface area (Å²) in [6.45, 7) is 3.84. The third kappa shape index (κ3) is 5.11. The lowest BCUT2D eigenvalue weighted by molar-refractivity contribution is -0.169. The molecule has 0 aromatic heterocycles. The number of primary amides is 1. The Morgan fingerprint density at radius 3 is 2.34 bits per heavy atom. The van der Waals surface area contributed by atoms with Crippen LogP contribution in [0.15, 0.2) is 53.3 Å². The van der Waals surface area contributed by atoms with Gasteiger partial charge in [0.15, 0.2) is 11.4 Å². The van der Waals surface area contributed by atoms with E-state index in [9.17, 15) is 55.2 Å². The smallest absolute Gasteiger partial charge is 0.255 e. The Morgan fingerprint density at radius 1 is 0.981 bits per heavy atom. The molecule has 3 fully saturated rings. The number of nitrogens with zero attached hydrogens (tertiary/aromatic N) is 1. The standard InChI is InChI=1S/C22H24N2O8.C18H24O3/c1-7-8-5-4-6-9(25)11(8)16(26)12-10(7)17(27)14-15(24(2)3)18(28)13(21(23)31)20(30)22(14,32)19(12)29;1-18-7-6-13-12-5-3-11(19)8-10(12)2-4-14(13)15(18)9-16(20)17(18)21/h4-7,10,14-15,17,25-27,30,32H,1-3H3,(H2,23,31);3,5,8,13-17,19-21H,2,4,6-7,9H2,1H3/t7-,10+,14+,15-,17-,22-;13-,14-,15+,16-,17+,18+/m01/s1. The number of aliphatic hydroxyl groups is 6. The highest BCUT2D eigenvalue weighted by molar-refractivity contribution is 6.24. The SMILES string of the molecule is C[C@H]1c2cccc(O)c2C(O)=C2C(=O)[C@]3(O)C(O)=C(C(N)=O)C(=O)[C@@H](N(C)C)[C@@H]3[C@@H](O)[C@@H]21.C[C@]12CC[C@@H]3c4ccc(O)cc4CC[C@H]3[C@@H]1C[C@@H](O)[C@@H]2O. The fraction of sp³-hybridized carbons (Fsp3) is 0.525. The second-order valence-corrected chi connectivity index (χ2v) is 16.4. The van der Waals surface area contributed by atoms with Crippen LogP contribution in [0.1, 0.15) is 73.6 Å². The molecule has 6 aliphatic carbocycles. The van der Waals surface area contributed by atoms with Gasteiger partial charge in [0.1, 0.15) is 28.6 Å². The Balaban J connectivity index is 0.000000178. The summed E-state index contributed by atoms with van der Waals surface area (Å²) >= 11 is 0. The fourth-order valence-corrected chi connectivity index (χ4v) is 11.1. The molecule has 13 heteroatoms. The number of hydrogen-bond donors (Lipinski definition) is 9. The van der Waals surface area contributed by atoms with E-state index in [1.807, 2.05) is 6.07 Å². The van der Waals surface area contributed by atoms with E-state index in [0.717, 1.165) is 32.1 Å². The number of Topliss-reactive ketones (excluding diaryl/α,β-unsaturated/α-hetero) is 2. The van der Waals surface area contributed by atoms with Crippen molar-refractivity contribution in [1.29, 1.82) is 0 Å². The van der Waals surface area contributed by atoms with Gasteiger partial charge in [-0.2, -0.15) is 0 Å². The van der Waals surface area contributed by atoms with Gasteiger partial charge in [-0.3, -0.25) is 19.3 Å². The number of likely N-dealkylation sites (N-methyl/N-ethyl adjacent to an activating group) is 1. The van der Waals surface area contributed by atoms with E-state index >= 15 is 0 Å². The summed E-state index contributed by atoms with van der Waals surface area (Å²) in [5, 5.41) is 85.1. The van der Waals surface area contributed by atoms with Gasteiger partial charge in [-0.1, -0.05) is 32.0 Å². The van der Waals surface area contributed by atoms with Gasteiger partial charge < -0.3 is 46.6 Å². The zero-order valence-electron chi connectivity index (χ0n) is 30.1. The molecule has 0 aliphatic heterocycles. The van der Waals surface area contributed by atoms with Crippen molar-refractivity contribution in [2.75, 3.05) is 14.1 Å². The van der Waals surface area contributed by atoms with Crippen molar-refractivity contribution in [1.82, 2.24) is 4.90 Å². The van der Waals surface area contributed by atoms with Gasteiger partial charge in [0.2, 0.25) is 5.78 Å². The van der Waals surface area contributed by atoms with Crippen LogP contribution in [0.5, 0.6) is 11.5 Å².